The van der Waals surface area contributed by atoms with Crippen molar-refractivity contribution in [2.75, 3.05) is 0 Å². The maximum atomic E-state index is 10.3. The molecule has 0 bridgehead atoms. The van der Waals surface area contributed by atoms with E-state index in [0.717, 1.165) is 0 Å². The summed E-state index contributed by atoms with van der Waals surface area (Å²) in [6, 6.07) is 8.42. The lowest BCUT2D eigenvalue weighted by Crippen LogP contribution is -2.08. The van der Waals surface area contributed by atoms with Gasteiger partial charge in [-0.15, -0.1) is 0 Å². The van der Waals surface area contributed by atoms with E-state index >= 15 is 0 Å². The Morgan fingerprint density at radius 2 is 1.69 bits per heavy atom. The van der Waals surface area contributed by atoms with Gasteiger partial charge in [-0.05, 0) is 0 Å². The summed E-state index contributed by atoms with van der Waals surface area (Å²) in [5.41, 5.74) is 5.75. The summed E-state index contributed by atoms with van der Waals surface area (Å²) in [5.74, 6) is -2.26. The van der Waals surface area contributed by atoms with Crippen LogP contribution in [0.15, 0.2) is 36.1 Å². The first-order valence-electron chi connectivity index (χ1n) is 3.60. The van der Waals surface area contributed by atoms with Crippen LogP contribution >= 0.6 is 0 Å². The number of hydrogen-bond donors (Lipinski definition) is 3. The van der Waals surface area contributed by atoms with Crippen molar-refractivity contribution in [2.45, 2.75) is 0 Å². The number of rotatable bonds is 2. The van der Waals surface area contributed by atoms with Gasteiger partial charge in [0.2, 0.25) is 5.76 Å². The van der Waals surface area contributed by atoms with E-state index in [4.69, 9.17) is 15.9 Å². The molecule has 0 aliphatic carbocycles. The summed E-state index contributed by atoms with van der Waals surface area (Å²) in [6.45, 7) is 0. The van der Waals surface area contributed by atoms with Crippen molar-refractivity contribution in [3.8, 4) is 0 Å². The van der Waals surface area contributed by atoms with Gasteiger partial charge in [-0.2, -0.15) is 0 Å². The Labute approximate surface area is 74.9 Å². The van der Waals surface area contributed by atoms with E-state index in [-0.39, 0.29) is 5.70 Å². The topological polar surface area (TPSA) is 83.5 Å². The molecule has 0 radical (unpaired) electrons. The van der Waals surface area contributed by atoms with Crippen molar-refractivity contribution in [3.05, 3.63) is 41.7 Å². The zero-order valence-corrected chi connectivity index (χ0v) is 6.77. The zero-order chi connectivity index (χ0) is 9.84. The minimum atomic E-state index is -1.43. The van der Waals surface area contributed by atoms with Gasteiger partial charge < -0.3 is 15.9 Å². The summed E-state index contributed by atoms with van der Waals surface area (Å²) in [4.78, 5) is 10.3. The lowest BCUT2D eigenvalue weighted by Gasteiger charge is -2.01. The predicted molar refractivity (Wildman–Crippen MR) is 47.8 cm³/mol. The van der Waals surface area contributed by atoms with Crippen LogP contribution in [-0.4, -0.2) is 16.2 Å². The Morgan fingerprint density at radius 1 is 1.15 bits per heavy atom. The fraction of sp³-hybridized carbons (Fsp3) is 0. The minimum Gasteiger partial charge on any atom is -0.500 e. The normalized spacial score (nSPS) is 12.0. The van der Waals surface area contributed by atoms with Crippen molar-refractivity contribution in [1.29, 1.82) is 0 Å². The molecule has 1 rings (SSSR count). The second-order valence-corrected chi connectivity index (χ2v) is 2.43. The molecular weight excluding hydrogens is 170 g/mol. The molecule has 0 heterocycles. The average molecular weight is 179 g/mol. The molecule has 1 aromatic rings. The zero-order valence-electron chi connectivity index (χ0n) is 6.77. The molecule has 0 saturated heterocycles. The van der Waals surface area contributed by atoms with Gasteiger partial charge in [0.1, 0.15) is 0 Å². The molecule has 0 spiro atoms. The average Bonchev–Trinajstić information content (AvgIpc) is 2.17. The van der Waals surface area contributed by atoms with Crippen LogP contribution in [0.1, 0.15) is 5.56 Å². The molecule has 0 aliphatic rings. The fourth-order valence-electron chi connectivity index (χ4n) is 0.870. The van der Waals surface area contributed by atoms with Gasteiger partial charge in [-0.1, -0.05) is 30.3 Å². The molecule has 0 aromatic heterocycles. The largest absolute Gasteiger partial charge is 0.500 e. The minimum absolute atomic E-state index is 0.131. The van der Waals surface area contributed by atoms with Crippen LogP contribution in [0.25, 0.3) is 5.70 Å². The predicted octanol–water partition coefficient (Wildman–Crippen LogP) is 0.957. The van der Waals surface area contributed by atoms with Gasteiger partial charge in [0, 0.05) is 5.56 Å². The number of carbonyl (C=O) groups is 1. The maximum absolute atomic E-state index is 10.3. The quantitative estimate of drug-likeness (QED) is 0.466. The Hall–Kier alpha value is -1.97. The third-order valence-corrected chi connectivity index (χ3v) is 1.54. The Balaban J connectivity index is 3.11. The molecule has 1 aromatic carbocycles. The number of carboxylic acids is 1. The maximum Gasteiger partial charge on any atom is 0.373 e. The Bertz CT molecular complexity index is 343. The van der Waals surface area contributed by atoms with Crippen LogP contribution in [0.2, 0.25) is 0 Å². The molecule has 4 N–H and O–H groups in total. The van der Waals surface area contributed by atoms with Crippen molar-refractivity contribution < 1.29 is 15.0 Å². The first kappa shape index (κ1) is 9.12. The molecule has 68 valence electrons. The molecule has 0 saturated carbocycles. The fourth-order valence-corrected chi connectivity index (χ4v) is 0.870. The van der Waals surface area contributed by atoms with Gasteiger partial charge in [0.25, 0.3) is 0 Å². The van der Waals surface area contributed by atoms with Crippen LogP contribution in [0.4, 0.5) is 0 Å². The summed E-state index contributed by atoms with van der Waals surface area (Å²) >= 11 is 0. The summed E-state index contributed by atoms with van der Waals surface area (Å²) in [6.07, 6.45) is 0. The number of nitrogens with two attached hydrogens (primary N) is 1. The van der Waals surface area contributed by atoms with Gasteiger partial charge in [0.15, 0.2) is 0 Å². The van der Waals surface area contributed by atoms with Gasteiger partial charge >= 0.3 is 5.97 Å². The highest BCUT2D eigenvalue weighted by atomic mass is 16.4. The molecule has 0 atom stereocenters. The number of carboxylic acid groups (broad SMARTS) is 1. The van der Waals surface area contributed by atoms with Crippen LogP contribution in [0.5, 0.6) is 0 Å². The van der Waals surface area contributed by atoms with E-state index in [1.807, 2.05) is 0 Å². The first-order valence-corrected chi connectivity index (χ1v) is 3.60. The third-order valence-electron chi connectivity index (χ3n) is 1.54. The molecule has 4 heteroatoms. The van der Waals surface area contributed by atoms with Crippen LogP contribution in [-0.2, 0) is 4.79 Å². The van der Waals surface area contributed by atoms with E-state index in [2.05, 4.69) is 0 Å². The van der Waals surface area contributed by atoms with E-state index in [1.165, 1.54) is 0 Å². The van der Waals surface area contributed by atoms with Gasteiger partial charge in [0.05, 0.1) is 5.70 Å². The second kappa shape index (κ2) is 3.62. The lowest BCUT2D eigenvalue weighted by atomic mass is 10.1. The van der Waals surface area contributed by atoms with Crippen LogP contribution in [0.3, 0.4) is 0 Å². The monoisotopic (exact) mass is 179 g/mol. The molecule has 0 unspecified atom stereocenters. The van der Waals surface area contributed by atoms with Crippen LogP contribution < -0.4 is 5.73 Å². The summed E-state index contributed by atoms with van der Waals surface area (Å²) in [5, 5.41) is 17.4. The van der Waals surface area contributed by atoms with Crippen molar-refractivity contribution in [2.24, 2.45) is 5.73 Å². The van der Waals surface area contributed by atoms with E-state index in [0.29, 0.717) is 5.56 Å². The first-order chi connectivity index (χ1) is 6.13. The van der Waals surface area contributed by atoms with Gasteiger partial charge in [-0.25, -0.2) is 4.79 Å². The number of aliphatic hydroxyl groups excluding tert-OH is 1. The number of aliphatic hydroxyl groups is 1. The Morgan fingerprint density at radius 3 is 2.15 bits per heavy atom. The van der Waals surface area contributed by atoms with Gasteiger partial charge in [-0.3, -0.25) is 0 Å². The van der Waals surface area contributed by atoms with Crippen LogP contribution in [0, 0.1) is 0 Å². The highest BCUT2D eigenvalue weighted by molar-refractivity contribution is 5.92. The molecular formula is C9H9NO3. The lowest BCUT2D eigenvalue weighted by molar-refractivity contribution is -0.135. The van der Waals surface area contributed by atoms with E-state index in [9.17, 15) is 4.79 Å². The highest BCUT2D eigenvalue weighted by Crippen LogP contribution is 2.10. The Kier molecular flexibility index (Phi) is 2.54. The molecule has 4 nitrogen and oxygen atoms in total. The molecule has 0 aliphatic heterocycles. The van der Waals surface area contributed by atoms with Crippen molar-refractivity contribution in [3.63, 3.8) is 0 Å². The summed E-state index contributed by atoms with van der Waals surface area (Å²) in [7, 11) is 0. The van der Waals surface area contributed by atoms with Crippen molar-refractivity contribution in [1.82, 2.24) is 0 Å². The number of benzene rings is 1. The molecule has 13 heavy (non-hydrogen) atoms. The SMILES string of the molecule is NC(=C(O)C(=O)O)c1ccccc1. The highest BCUT2D eigenvalue weighted by Gasteiger charge is 2.10. The number of aliphatic carboxylic acids is 1. The van der Waals surface area contributed by atoms with E-state index in [1.54, 1.807) is 30.3 Å². The summed E-state index contributed by atoms with van der Waals surface area (Å²) < 4.78 is 0. The number of hydrogen-bond acceptors (Lipinski definition) is 3. The van der Waals surface area contributed by atoms with E-state index < -0.39 is 11.7 Å². The standard InChI is InChI=1S/C9H9NO3/c10-7(8(11)9(12)13)6-4-2-1-3-5-6/h1-5,11H,10H2,(H,12,13). The smallest absolute Gasteiger partial charge is 0.373 e. The van der Waals surface area contributed by atoms with Crippen molar-refractivity contribution >= 4 is 11.7 Å². The third kappa shape index (κ3) is 1.99. The molecule has 0 fully saturated rings. The second-order valence-electron chi connectivity index (χ2n) is 2.43. The molecule has 0 amide bonds.